The normalized spacial score (nSPS) is 10.7. The number of hydrogen-bond donors (Lipinski definition) is 1. The van der Waals surface area contributed by atoms with Crippen LogP contribution >= 0.6 is 0 Å². The molecule has 156 valence electrons. The molecule has 1 aromatic heterocycles. The van der Waals surface area contributed by atoms with Gasteiger partial charge in [-0.1, -0.05) is 48.5 Å². The van der Waals surface area contributed by atoms with Gasteiger partial charge in [-0.25, -0.2) is 0 Å². The zero-order chi connectivity index (χ0) is 21.8. The summed E-state index contributed by atoms with van der Waals surface area (Å²) in [5.74, 6) is 0.767. The number of hydrogen-bond acceptors (Lipinski definition) is 5. The van der Waals surface area contributed by atoms with Crippen molar-refractivity contribution < 1.29 is 9.66 Å². The van der Waals surface area contributed by atoms with Crippen LogP contribution < -0.4 is 15.6 Å². The number of rotatable bonds is 7. The molecule has 0 saturated heterocycles. The maximum Gasteiger partial charge on any atom is 0.357 e. The van der Waals surface area contributed by atoms with Gasteiger partial charge < -0.3 is 10.1 Å². The Labute approximate surface area is 178 Å². The summed E-state index contributed by atoms with van der Waals surface area (Å²) in [5, 5.41) is 15.7. The van der Waals surface area contributed by atoms with Crippen LogP contribution in [0.2, 0.25) is 0 Å². The van der Waals surface area contributed by atoms with Gasteiger partial charge in [0.05, 0.1) is 17.5 Å². The second-order valence-corrected chi connectivity index (χ2v) is 7.00. The molecule has 0 aliphatic heterocycles. The molecular weight excluding hydrogens is 394 g/mol. The van der Waals surface area contributed by atoms with Gasteiger partial charge in [-0.2, -0.15) is 0 Å². The summed E-state index contributed by atoms with van der Waals surface area (Å²) in [7, 11) is 1.61. The monoisotopic (exact) mass is 415 g/mol. The minimum atomic E-state index is -0.665. The molecule has 0 fully saturated rings. The second kappa shape index (κ2) is 8.71. The summed E-state index contributed by atoms with van der Waals surface area (Å²) in [5.41, 5.74) is 1.36. The zero-order valence-electron chi connectivity index (χ0n) is 16.9. The minimum absolute atomic E-state index is 0.242. The van der Waals surface area contributed by atoms with Crippen LogP contribution in [0.5, 0.6) is 5.75 Å². The Bertz CT molecular complexity index is 1280. The Hall–Kier alpha value is -4.13. The van der Waals surface area contributed by atoms with Crippen molar-refractivity contribution in [1.82, 2.24) is 4.57 Å². The molecule has 31 heavy (non-hydrogen) atoms. The van der Waals surface area contributed by atoms with Crippen molar-refractivity contribution >= 4 is 22.3 Å². The molecule has 0 aliphatic carbocycles. The maximum atomic E-state index is 13.2. The predicted molar refractivity (Wildman–Crippen MR) is 121 cm³/mol. The van der Waals surface area contributed by atoms with Crippen LogP contribution in [0.25, 0.3) is 16.6 Å². The van der Waals surface area contributed by atoms with E-state index >= 15 is 0 Å². The predicted octanol–water partition coefficient (Wildman–Crippen LogP) is 4.56. The number of benzene rings is 3. The van der Waals surface area contributed by atoms with Gasteiger partial charge in [-0.3, -0.25) is 19.5 Å². The SMILES string of the molecule is COc1ccc(CCNc2c([N+](=O)[O-])c(=O)n(-c3ccccc3)c3ccccc23)cc1. The number of fused-ring (bicyclic) bond motifs is 1. The molecule has 7 nitrogen and oxygen atoms in total. The van der Waals surface area contributed by atoms with Crippen LogP contribution in [0.15, 0.2) is 83.7 Å². The molecule has 3 aromatic carbocycles. The smallest absolute Gasteiger partial charge is 0.357 e. The Kier molecular flexibility index (Phi) is 5.66. The van der Waals surface area contributed by atoms with E-state index in [2.05, 4.69) is 5.32 Å². The van der Waals surface area contributed by atoms with Crippen LogP contribution in [-0.2, 0) is 6.42 Å². The number of para-hydroxylation sites is 2. The molecule has 0 aliphatic rings. The lowest BCUT2D eigenvalue weighted by Crippen LogP contribution is -2.24. The van der Waals surface area contributed by atoms with Crippen molar-refractivity contribution in [1.29, 1.82) is 0 Å². The van der Waals surface area contributed by atoms with E-state index in [0.717, 1.165) is 11.3 Å². The minimum Gasteiger partial charge on any atom is -0.497 e. The lowest BCUT2D eigenvalue weighted by atomic mass is 10.1. The first-order valence-corrected chi connectivity index (χ1v) is 9.84. The average molecular weight is 415 g/mol. The van der Waals surface area contributed by atoms with Gasteiger partial charge in [-0.05, 0) is 42.3 Å². The molecule has 4 aromatic rings. The van der Waals surface area contributed by atoms with Crippen LogP contribution in [0, 0.1) is 10.1 Å². The Morgan fingerprint density at radius 3 is 2.32 bits per heavy atom. The van der Waals surface area contributed by atoms with E-state index in [4.69, 9.17) is 4.74 Å². The van der Waals surface area contributed by atoms with Crippen molar-refractivity contribution in [2.75, 3.05) is 19.0 Å². The van der Waals surface area contributed by atoms with Crippen molar-refractivity contribution in [3.63, 3.8) is 0 Å². The van der Waals surface area contributed by atoms with E-state index in [1.165, 1.54) is 4.57 Å². The quantitative estimate of drug-likeness (QED) is 0.353. The molecule has 7 heteroatoms. The Balaban J connectivity index is 1.77. The number of nitrogens with one attached hydrogen (secondary N) is 1. The highest BCUT2D eigenvalue weighted by molar-refractivity contribution is 5.97. The van der Waals surface area contributed by atoms with E-state index in [1.807, 2.05) is 36.4 Å². The van der Waals surface area contributed by atoms with Gasteiger partial charge >= 0.3 is 11.2 Å². The zero-order valence-corrected chi connectivity index (χ0v) is 16.9. The fraction of sp³-hybridized carbons (Fsp3) is 0.125. The van der Waals surface area contributed by atoms with Gasteiger partial charge in [-0.15, -0.1) is 0 Å². The molecule has 0 saturated carbocycles. The number of aromatic nitrogens is 1. The number of ether oxygens (including phenoxy) is 1. The largest absolute Gasteiger partial charge is 0.497 e. The molecule has 0 atom stereocenters. The van der Waals surface area contributed by atoms with Gasteiger partial charge in [0, 0.05) is 17.6 Å². The van der Waals surface area contributed by atoms with Crippen LogP contribution in [0.1, 0.15) is 5.56 Å². The number of methoxy groups -OCH3 is 1. The number of nitrogens with zero attached hydrogens (tertiary/aromatic N) is 2. The first-order valence-electron chi connectivity index (χ1n) is 9.84. The third kappa shape index (κ3) is 3.98. The van der Waals surface area contributed by atoms with Gasteiger partial charge in [0.2, 0.25) is 0 Å². The molecule has 0 amide bonds. The molecule has 0 bridgehead atoms. The topological polar surface area (TPSA) is 86.4 Å². The van der Waals surface area contributed by atoms with Crippen molar-refractivity contribution in [2.45, 2.75) is 6.42 Å². The third-order valence-corrected chi connectivity index (χ3v) is 5.13. The molecule has 0 unspecified atom stereocenters. The van der Waals surface area contributed by atoms with Crippen LogP contribution in [0.4, 0.5) is 11.4 Å². The maximum absolute atomic E-state index is 13.2. The first-order chi connectivity index (χ1) is 15.1. The summed E-state index contributed by atoms with van der Waals surface area (Å²) in [6, 6.07) is 23.8. The highest BCUT2D eigenvalue weighted by Gasteiger charge is 2.26. The van der Waals surface area contributed by atoms with E-state index in [-0.39, 0.29) is 5.69 Å². The molecule has 4 rings (SSSR count). The van der Waals surface area contributed by atoms with Crippen molar-refractivity contribution in [2.24, 2.45) is 0 Å². The van der Waals surface area contributed by atoms with Gasteiger partial charge in [0.1, 0.15) is 11.4 Å². The summed E-state index contributed by atoms with van der Waals surface area (Å²) in [6.07, 6.45) is 0.636. The fourth-order valence-corrected chi connectivity index (χ4v) is 3.64. The summed E-state index contributed by atoms with van der Waals surface area (Å²) in [6.45, 7) is 0.436. The molecular formula is C24H21N3O4. The highest BCUT2D eigenvalue weighted by atomic mass is 16.6. The van der Waals surface area contributed by atoms with E-state index in [9.17, 15) is 14.9 Å². The Morgan fingerprint density at radius 2 is 1.65 bits per heavy atom. The number of pyridine rings is 1. The lowest BCUT2D eigenvalue weighted by Gasteiger charge is -2.15. The number of nitro groups is 1. The highest BCUT2D eigenvalue weighted by Crippen LogP contribution is 2.31. The van der Waals surface area contributed by atoms with Gasteiger partial charge in [0.25, 0.3) is 0 Å². The summed E-state index contributed by atoms with van der Waals surface area (Å²) < 4.78 is 6.56. The first kappa shape index (κ1) is 20.2. The van der Waals surface area contributed by atoms with Crippen molar-refractivity contribution in [3.8, 4) is 11.4 Å². The van der Waals surface area contributed by atoms with Gasteiger partial charge in [0.15, 0.2) is 0 Å². The van der Waals surface area contributed by atoms with Crippen LogP contribution in [0.3, 0.4) is 0 Å². The van der Waals surface area contributed by atoms with E-state index in [0.29, 0.717) is 29.6 Å². The number of anilines is 1. The van der Waals surface area contributed by atoms with E-state index < -0.39 is 16.2 Å². The second-order valence-electron chi connectivity index (χ2n) is 7.00. The standard InChI is InChI=1S/C24H21N3O4/c1-31-19-13-11-17(12-14-19)15-16-25-22-20-9-5-6-10-21(20)26(18-7-3-2-4-8-18)24(28)23(22)27(29)30/h2-14,25H,15-16H2,1H3. The summed E-state index contributed by atoms with van der Waals surface area (Å²) >= 11 is 0. The Morgan fingerprint density at radius 1 is 0.968 bits per heavy atom. The summed E-state index contributed by atoms with van der Waals surface area (Å²) in [4.78, 5) is 24.5. The van der Waals surface area contributed by atoms with Crippen molar-refractivity contribution in [3.05, 3.63) is 105 Å². The van der Waals surface area contributed by atoms with Crippen LogP contribution in [-0.4, -0.2) is 23.1 Å². The molecule has 1 N–H and O–H groups in total. The third-order valence-electron chi connectivity index (χ3n) is 5.13. The fourth-order valence-electron chi connectivity index (χ4n) is 3.64. The average Bonchev–Trinajstić information content (AvgIpc) is 2.80. The molecule has 0 radical (unpaired) electrons. The lowest BCUT2D eigenvalue weighted by molar-refractivity contribution is -0.385. The van der Waals surface area contributed by atoms with E-state index in [1.54, 1.807) is 49.6 Å². The molecule has 0 spiro atoms. The molecule has 1 heterocycles.